The van der Waals surface area contributed by atoms with E-state index in [1.54, 1.807) is 18.2 Å². The number of nitro groups is 1. The molecular formula is C22H23NO8. The van der Waals surface area contributed by atoms with Gasteiger partial charge in [-0.15, -0.1) is 0 Å². The molecule has 0 radical (unpaired) electrons. The topological polar surface area (TPSA) is 114 Å². The van der Waals surface area contributed by atoms with Crippen molar-refractivity contribution in [1.29, 1.82) is 0 Å². The highest BCUT2D eigenvalue weighted by atomic mass is 16.7. The van der Waals surface area contributed by atoms with Crippen molar-refractivity contribution in [2.75, 3.05) is 14.2 Å². The van der Waals surface area contributed by atoms with Crippen molar-refractivity contribution < 1.29 is 33.5 Å². The van der Waals surface area contributed by atoms with Crippen LogP contribution in [-0.4, -0.2) is 36.9 Å². The Morgan fingerprint density at radius 2 is 1.39 bits per heavy atom. The van der Waals surface area contributed by atoms with Crippen LogP contribution in [0.3, 0.4) is 0 Å². The second-order valence-corrected chi connectivity index (χ2v) is 7.73. The third-order valence-corrected chi connectivity index (χ3v) is 5.07. The van der Waals surface area contributed by atoms with Crippen molar-refractivity contribution in [3.63, 3.8) is 0 Å². The Bertz CT molecular complexity index is 993. The number of nitro benzene ring substituents is 1. The quantitative estimate of drug-likeness (QED) is 0.285. The summed E-state index contributed by atoms with van der Waals surface area (Å²) >= 11 is 0. The highest BCUT2D eigenvalue weighted by molar-refractivity contribution is 6.02. The lowest BCUT2D eigenvalue weighted by Crippen LogP contribution is -2.56. The first-order valence-electron chi connectivity index (χ1n) is 9.51. The summed E-state index contributed by atoms with van der Waals surface area (Å²) in [5.74, 6) is -1.87. The van der Waals surface area contributed by atoms with E-state index in [2.05, 4.69) is 0 Å². The van der Waals surface area contributed by atoms with Crippen LogP contribution in [0.4, 0.5) is 5.69 Å². The lowest BCUT2D eigenvalue weighted by Gasteiger charge is -2.40. The molecule has 3 rings (SSSR count). The molecule has 0 atom stereocenters. The van der Waals surface area contributed by atoms with Crippen LogP contribution >= 0.6 is 0 Å². The number of hydrogen-bond acceptors (Lipinski definition) is 8. The number of carbonyl (C=O) groups is 2. The van der Waals surface area contributed by atoms with Crippen molar-refractivity contribution >= 4 is 17.6 Å². The van der Waals surface area contributed by atoms with E-state index in [4.69, 9.17) is 18.9 Å². The van der Waals surface area contributed by atoms with Gasteiger partial charge in [0, 0.05) is 26.0 Å². The summed E-state index contributed by atoms with van der Waals surface area (Å²) in [6, 6.07) is 10.7. The van der Waals surface area contributed by atoms with E-state index in [1.807, 2.05) is 0 Å². The van der Waals surface area contributed by atoms with Crippen molar-refractivity contribution in [2.45, 2.75) is 32.5 Å². The maximum atomic E-state index is 13.1. The second kappa shape index (κ2) is 8.25. The molecule has 0 aromatic heterocycles. The predicted octanol–water partition coefficient (Wildman–Crippen LogP) is 3.22. The van der Waals surface area contributed by atoms with Gasteiger partial charge in [-0.25, -0.2) is 0 Å². The van der Waals surface area contributed by atoms with Crippen LogP contribution in [0.2, 0.25) is 0 Å². The Morgan fingerprint density at radius 1 is 0.871 bits per heavy atom. The Kier molecular flexibility index (Phi) is 5.88. The van der Waals surface area contributed by atoms with Crippen LogP contribution in [0.1, 0.15) is 25.0 Å². The summed E-state index contributed by atoms with van der Waals surface area (Å²) < 4.78 is 21.4. The van der Waals surface area contributed by atoms with Crippen LogP contribution < -0.4 is 9.47 Å². The zero-order valence-corrected chi connectivity index (χ0v) is 17.7. The molecule has 1 fully saturated rings. The van der Waals surface area contributed by atoms with Gasteiger partial charge in [0.15, 0.2) is 16.9 Å². The van der Waals surface area contributed by atoms with Crippen LogP contribution in [0.15, 0.2) is 42.5 Å². The van der Waals surface area contributed by atoms with E-state index in [-0.39, 0.29) is 18.5 Å². The van der Waals surface area contributed by atoms with Crippen molar-refractivity contribution in [2.24, 2.45) is 5.41 Å². The van der Waals surface area contributed by atoms with E-state index in [1.165, 1.54) is 52.3 Å². The van der Waals surface area contributed by atoms with Gasteiger partial charge in [0.25, 0.3) is 11.5 Å². The summed E-state index contributed by atoms with van der Waals surface area (Å²) in [5.41, 5.74) is -0.564. The normalized spacial score (nSPS) is 16.8. The molecule has 1 aliphatic heterocycles. The molecule has 0 spiro atoms. The Hall–Kier alpha value is -3.62. The summed E-state index contributed by atoms with van der Waals surface area (Å²) in [7, 11) is 2.99. The summed E-state index contributed by atoms with van der Waals surface area (Å²) in [5, 5.41) is 10.9. The van der Waals surface area contributed by atoms with Gasteiger partial charge in [-0.1, -0.05) is 18.2 Å². The molecule has 0 aliphatic carbocycles. The fourth-order valence-corrected chi connectivity index (χ4v) is 3.52. The number of non-ortho nitro benzene ring substituents is 1. The molecule has 1 heterocycles. The monoisotopic (exact) mass is 429 g/mol. The zero-order chi connectivity index (χ0) is 22.8. The van der Waals surface area contributed by atoms with Gasteiger partial charge in [0.1, 0.15) is 0 Å². The zero-order valence-electron chi connectivity index (χ0n) is 17.7. The second-order valence-electron chi connectivity index (χ2n) is 7.73. The van der Waals surface area contributed by atoms with Crippen molar-refractivity contribution in [3.8, 4) is 11.5 Å². The summed E-state index contributed by atoms with van der Waals surface area (Å²) in [6.45, 7) is 2.96. The number of hydrogen-bond donors (Lipinski definition) is 0. The molecule has 31 heavy (non-hydrogen) atoms. The van der Waals surface area contributed by atoms with Gasteiger partial charge in [-0.3, -0.25) is 19.7 Å². The maximum Gasteiger partial charge on any atom is 0.327 e. The van der Waals surface area contributed by atoms with Gasteiger partial charge >= 0.3 is 11.9 Å². The average Bonchev–Trinajstić information content (AvgIpc) is 2.71. The number of rotatable bonds is 7. The predicted molar refractivity (Wildman–Crippen MR) is 109 cm³/mol. The van der Waals surface area contributed by atoms with Gasteiger partial charge in [0.2, 0.25) is 0 Å². The molecule has 164 valence electrons. The number of cyclic esters (lactones) is 2. The first-order chi connectivity index (χ1) is 14.6. The minimum atomic E-state index is -1.66. The van der Waals surface area contributed by atoms with E-state index in [0.29, 0.717) is 22.6 Å². The first-order valence-corrected chi connectivity index (χ1v) is 9.51. The molecule has 2 aromatic carbocycles. The van der Waals surface area contributed by atoms with Gasteiger partial charge < -0.3 is 18.9 Å². The lowest BCUT2D eigenvalue weighted by molar-refractivity contribution is -0.384. The number of benzene rings is 2. The maximum absolute atomic E-state index is 13.1. The van der Waals surface area contributed by atoms with Crippen LogP contribution in [0.25, 0.3) is 0 Å². The Morgan fingerprint density at radius 3 is 1.90 bits per heavy atom. The van der Waals surface area contributed by atoms with E-state index in [9.17, 15) is 19.7 Å². The summed E-state index contributed by atoms with van der Waals surface area (Å²) in [4.78, 5) is 36.6. The standard InChI is InChI=1S/C22H23NO8/c1-21(2)30-19(24)22(20(25)31-21,12-14-5-8-16(9-6-14)23(26)27)13-15-7-10-17(28-3)18(11-15)29-4/h5-11H,12-13H2,1-4H3. The molecule has 0 unspecified atom stereocenters. The molecule has 9 nitrogen and oxygen atoms in total. The summed E-state index contributed by atoms with van der Waals surface area (Å²) in [6.07, 6.45) is -0.0643. The first kappa shape index (κ1) is 22.1. The number of esters is 2. The minimum absolute atomic E-state index is 0.0158. The molecule has 0 bridgehead atoms. The van der Waals surface area contributed by atoms with Crippen LogP contribution in [0, 0.1) is 15.5 Å². The Balaban J connectivity index is 2.02. The van der Waals surface area contributed by atoms with Gasteiger partial charge in [0.05, 0.1) is 19.1 Å². The molecule has 1 saturated heterocycles. The molecular weight excluding hydrogens is 406 g/mol. The van der Waals surface area contributed by atoms with Gasteiger partial charge in [-0.2, -0.15) is 0 Å². The third kappa shape index (κ3) is 4.45. The molecule has 1 aliphatic rings. The molecule has 9 heteroatoms. The molecule has 0 N–H and O–H groups in total. The van der Waals surface area contributed by atoms with Crippen molar-refractivity contribution in [1.82, 2.24) is 0 Å². The highest BCUT2D eigenvalue weighted by Crippen LogP contribution is 2.40. The van der Waals surface area contributed by atoms with E-state index < -0.39 is 28.1 Å². The lowest BCUT2D eigenvalue weighted by atomic mass is 9.75. The molecule has 2 aromatic rings. The third-order valence-electron chi connectivity index (χ3n) is 5.07. The highest BCUT2D eigenvalue weighted by Gasteiger charge is 2.56. The fourth-order valence-electron chi connectivity index (χ4n) is 3.52. The SMILES string of the molecule is COc1ccc(CC2(Cc3ccc([N+](=O)[O-])cc3)C(=O)OC(C)(C)OC2=O)cc1OC. The smallest absolute Gasteiger partial charge is 0.327 e. The van der Waals surface area contributed by atoms with E-state index in [0.717, 1.165) is 0 Å². The number of nitrogens with zero attached hydrogens (tertiary/aromatic N) is 1. The number of carbonyl (C=O) groups excluding carboxylic acids is 2. The number of ether oxygens (including phenoxy) is 4. The van der Waals surface area contributed by atoms with Crippen LogP contribution in [0.5, 0.6) is 11.5 Å². The average molecular weight is 429 g/mol. The van der Waals surface area contributed by atoms with E-state index >= 15 is 0 Å². The van der Waals surface area contributed by atoms with Crippen LogP contribution in [-0.2, 0) is 31.9 Å². The number of methoxy groups -OCH3 is 2. The Labute approximate surface area is 179 Å². The molecule has 0 saturated carbocycles. The molecule has 0 amide bonds. The minimum Gasteiger partial charge on any atom is -0.493 e. The van der Waals surface area contributed by atoms with Crippen molar-refractivity contribution in [3.05, 3.63) is 63.7 Å². The largest absolute Gasteiger partial charge is 0.493 e. The van der Waals surface area contributed by atoms with Gasteiger partial charge in [-0.05, 0) is 36.1 Å². The fraction of sp³-hybridized carbons (Fsp3) is 0.364.